The molecule has 1 heterocycles. The normalized spacial score (nSPS) is 18.2. The third-order valence-electron chi connectivity index (χ3n) is 10.4. The van der Waals surface area contributed by atoms with E-state index in [1.807, 2.05) is 160 Å². The summed E-state index contributed by atoms with van der Waals surface area (Å²) < 4.78 is 13.2. The number of carbonyl (C=O) groups excluding carboxylic acids is 3. The van der Waals surface area contributed by atoms with E-state index in [1.54, 1.807) is 18.7 Å². The van der Waals surface area contributed by atoms with Crippen molar-refractivity contribution in [3.8, 4) is 11.1 Å². The van der Waals surface area contributed by atoms with Gasteiger partial charge >= 0.3 is 11.9 Å². The highest BCUT2D eigenvalue weighted by molar-refractivity contribution is 7.99. The Balaban J connectivity index is 1.31. The second-order valence-electron chi connectivity index (χ2n) is 15.3. The second-order valence-corrected chi connectivity index (χ2v) is 16.4. The molecule has 6 heteroatoms. The number of carbonyl (C=O) groups is 3. The van der Waals surface area contributed by atoms with Crippen LogP contribution in [-0.2, 0) is 36.7 Å². The first kappa shape index (κ1) is 36.0. The van der Waals surface area contributed by atoms with Gasteiger partial charge in [-0.25, -0.2) is 4.79 Å². The summed E-state index contributed by atoms with van der Waals surface area (Å²) >= 11 is 1.62. The molecular formula is C49H40O5S. The molecule has 6 aromatic carbocycles. The lowest BCUT2D eigenvalue weighted by Crippen LogP contribution is -2.44. The van der Waals surface area contributed by atoms with Gasteiger partial charge in [0, 0.05) is 60.7 Å². The van der Waals surface area contributed by atoms with Crippen LogP contribution < -0.4 is 0 Å². The highest BCUT2D eigenvalue weighted by Gasteiger charge is 2.49. The van der Waals surface area contributed by atoms with Crippen LogP contribution >= 0.6 is 11.8 Å². The first-order valence-electron chi connectivity index (χ1n) is 18.3. The molecule has 2 aliphatic rings. The van der Waals surface area contributed by atoms with Crippen LogP contribution in [0.2, 0.25) is 0 Å². The van der Waals surface area contributed by atoms with Crippen molar-refractivity contribution in [1.82, 2.24) is 0 Å². The monoisotopic (exact) mass is 740 g/mol. The molecule has 0 radical (unpaired) electrons. The molecular weight excluding hydrogens is 701 g/mol. The zero-order valence-electron chi connectivity index (χ0n) is 31.2. The molecule has 55 heavy (non-hydrogen) atoms. The van der Waals surface area contributed by atoms with Crippen molar-refractivity contribution >= 4 is 29.5 Å². The Bertz CT molecular complexity index is 2520. The second kappa shape index (κ2) is 13.7. The molecule has 0 fully saturated rings. The van der Waals surface area contributed by atoms with Gasteiger partial charge in [-0.2, -0.15) is 0 Å². The van der Waals surface area contributed by atoms with E-state index in [1.165, 1.54) is 0 Å². The smallest absolute Gasteiger partial charge is 0.334 e. The molecule has 1 aliphatic heterocycles. The van der Waals surface area contributed by atoms with Gasteiger partial charge < -0.3 is 9.47 Å². The minimum Gasteiger partial charge on any atom is -0.448 e. The van der Waals surface area contributed by atoms with Crippen molar-refractivity contribution in [2.24, 2.45) is 5.41 Å². The first-order chi connectivity index (χ1) is 26.4. The molecule has 8 rings (SSSR count). The van der Waals surface area contributed by atoms with Crippen molar-refractivity contribution in [1.29, 1.82) is 0 Å². The Morgan fingerprint density at radius 3 is 1.89 bits per heavy atom. The van der Waals surface area contributed by atoms with Crippen LogP contribution in [0.1, 0.15) is 77.0 Å². The lowest BCUT2D eigenvalue weighted by molar-refractivity contribution is -0.167. The van der Waals surface area contributed by atoms with Crippen LogP contribution in [0.5, 0.6) is 0 Å². The maximum atomic E-state index is 14.5. The molecule has 2 unspecified atom stereocenters. The summed E-state index contributed by atoms with van der Waals surface area (Å²) in [6, 6.07) is 47.2. The first-order valence-corrected chi connectivity index (χ1v) is 19.2. The maximum absolute atomic E-state index is 14.5. The summed E-state index contributed by atoms with van der Waals surface area (Å²) in [7, 11) is 0. The molecule has 0 saturated carbocycles. The zero-order chi connectivity index (χ0) is 38.5. The SMILES string of the molecule is C=C(C)C(=O)OC1(c2ccccc2)c2ccccc2Sc2cc(-c3ccc4c(c3)C(=O)c3ccccc3C4(Cc3ccccc3)OC(=O)C(C)(C)C)ccc21. The van der Waals surface area contributed by atoms with Crippen LogP contribution in [0.4, 0.5) is 0 Å². The van der Waals surface area contributed by atoms with E-state index >= 15 is 0 Å². The predicted molar refractivity (Wildman–Crippen MR) is 216 cm³/mol. The summed E-state index contributed by atoms with van der Waals surface area (Å²) in [5.74, 6) is -0.969. The van der Waals surface area contributed by atoms with E-state index in [9.17, 15) is 14.4 Å². The molecule has 0 spiro atoms. The molecule has 0 aromatic heterocycles. The molecule has 6 aromatic rings. The van der Waals surface area contributed by atoms with Crippen LogP contribution in [-0.4, -0.2) is 17.7 Å². The van der Waals surface area contributed by atoms with Crippen LogP contribution in [0, 0.1) is 5.41 Å². The van der Waals surface area contributed by atoms with Crippen molar-refractivity contribution in [3.63, 3.8) is 0 Å². The van der Waals surface area contributed by atoms with Gasteiger partial charge in [-0.1, -0.05) is 146 Å². The minimum absolute atomic E-state index is 0.126. The predicted octanol–water partition coefficient (Wildman–Crippen LogP) is 10.8. The number of benzene rings is 6. The van der Waals surface area contributed by atoms with Crippen LogP contribution in [0.15, 0.2) is 168 Å². The summed E-state index contributed by atoms with van der Waals surface area (Å²) in [5, 5.41) is 0. The van der Waals surface area contributed by atoms with Gasteiger partial charge in [-0.3, -0.25) is 9.59 Å². The molecule has 1 aliphatic carbocycles. The Morgan fingerprint density at radius 2 is 1.20 bits per heavy atom. The Labute approximate surface area is 326 Å². The van der Waals surface area contributed by atoms with Crippen LogP contribution in [0.3, 0.4) is 0 Å². The van der Waals surface area contributed by atoms with Crippen LogP contribution in [0.25, 0.3) is 11.1 Å². The number of esters is 2. The average molecular weight is 741 g/mol. The van der Waals surface area contributed by atoms with Gasteiger partial charge in [0.15, 0.2) is 17.0 Å². The summed E-state index contributed by atoms with van der Waals surface area (Å²) in [6.07, 6.45) is 0.353. The van der Waals surface area contributed by atoms with Crippen molar-refractivity contribution in [3.05, 3.63) is 202 Å². The Hall–Kier alpha value is -5.98. The van der Waals surface area contributed by atoms with E-state index in [2.05, 4.69) is 12.6 Å². The lowest BCUT2D eigenvalue weighted by Gasteiger charge is -2.41. The zero-order valence-corrected chi connectivity index (χ0v) is 32.0. The van der Waals surface area contributed by atoms with E-state index in [0.29, 0.717) is 34.2 Å². The van der Waals surface area contributed by atoms with Gasteiger partial charge in [-0.15, -0.1) is 0 Å². The van der Waals surface area contributed by atoms with Gasteiger partial charge in [-0.05, 0) is 62.6 Å². The molecule has 0 saturated heterocycles. The quantitative estimate of drug-likeness (QED) is 0.120. The van der Waals surface area contributed by atoms with Gasteiger partial charge in [0.2, 0.25) is 0 Å². The van der Waals surface area contributed by atoms with E-state index < -0.39 is 22.6 Å². The van der Waals surface area contributed by atoms with Gasteiger partial charge in [0.25, 0.3) is 0 Å². The molecule has 0 bridgehead atoms. The molecule has 0 N–H and O–H groups in total. The van der Waals surface area contributed by atoms with Gasteiger partial charge in [0.05, 0.1) is 5.41 Å². The van der Waals surface area contributed by atoms with E-state index in [-0.39, 0.29) is 11.8 Å². The molecule has 0 amide bonds. The van der Waals surface area contributed by atoms with Crippen molar-refractivity contribution in [2.45, 2.75) is 55.1 Å². The van der Waals surface area contributed by atoms with E-state index in [0.717, 1.165) is 43.2 Å². The Kier molecular flexibility index (Phi) is 8.97. The maximum Gasteiger partial charge on any atom is 0.334 e. The number of rotatable bonds is 7. The van der Waals surface area contributed by atoms with Crippen molar-refractivity contribution < 1.29 is 23.9 Å². The van der Waals surface area contributed by atoms with E-state index in [4.69, 9.17) is 9.47 Å². The third kappa shape index (κ3) is 6.11. The highest BCUT2D eigenvalue weighted by Crippen LogP contribution is 2.54. The number of ether oxygens (including phenoxy) is 2. The summed E-state index contributed by atoms with van der Waals surface area (Å²) in [5.41, 5.74) is 4.58. The minimum atomic E-state index is -1.25. The fourth-order valence-electron chi connectivity index (χ4n) is 7.68. The Morgan fingerprint density at radius 1 is 0.636 bits per heavy atom. The highest BCUT2D eigenvalue weighted by atomic mass is 32.2. The number of ketones is 1. The summed E-state index contributed by atoms with van der Waals surface area (Å²) in [6.45, 7) is 11.1. The fraction of sp³-hybridized carbons (Fsp3) is 0.163. The van der Waals surface area contributed by atoms with Gasteiger partial charge in [0.1, 0.15) is 0 Å². The third-order valence-corrected chi connectivity index (χ3v) is 11.6. The standard InChI is InChI=1S/C49H40O5S/c1-31(2)45(51)53-49(35-18-10-7-11-19-35)40-22-14-15-23-42(40)55-43-29-34(25-27-41(43)49)33-24-26-39-37(28-33)44(50)36-20-12-13-21-38(36)48(39,54-46(52)47(3,4)5)30-32-16-8-6-9-17-32/h6-29H,1,30H2,2-5H3. The number of hydrogen-bond acceptors (Lipinski definition) is 6. The molecule has 272 valence electrons. The topological polar surface area (TPSA) is 69.7 Å². The fourth-order valence-corrected chi connectivity index (χ4v) is 8.90. The number of fused-ring (bicyclic) bond motifs is 4. The summed E-state index contributed by atoms with van der Waals surface area (Å²) in [4.78, 5) is 43.7. The average Bonchev–Trinajstić information content (AvgIpc) is 3.19. The molecule has 2 atom stereocenters. The van der Waals surface area contributed by atoms with Crippen molar-refractivity contribution in [2.75, 3.05) is 0 Å². The lowest BCUT2D eigenvalue weighted by atomic mass is 9.70. The number of hydrogen-bond donors (Lipinski definition) is 0. The molecule has 5 nitrogen and oxygen atoms in total. The largest absolute Gasteiger partial charge is 0.448 e.